The lowest BCUT2D eigenvalue weighted by atomic mass is 10.1. The fraction of sp³-hybridized carbons (Fsp3) is 0.480. The van der Waals surface area contributed by atoms with Crippen LogP contribution in [-0.4, -0.2) is 85.6 Å². The molecule has 2 saturated heterocycles. The number of hydrogen-bond donors (Lipinski definition) is 2. The molecule has 0 aliphatic carbocycles. The van der Waals surface area contributed by atoms with Crippen molar-refractivity contribution in [2.24, 2.45) is 5.73 Å². The molecule has 3 amide bonds. The van der Waals surface area contributed by atoms with E-state index in [1.54, 1.807) is 47.2 Å². The quantitative estimate of drug-likeness (QED) is 0.542. The molecule has 3 atom stereocenters. The van der Waals surface area contributed by atoms with Gasteiger partial charge in [-0.2, -0.15) is 0 Å². The van der Waals surface area contributed by atoms with E-state index in [2.05, 4.69) is 5.32 Å². The molecule has 2 fully saturated rings. The normalized spacial score (nSPS) is 21.7. The number of methoxy groups -OCH3 is 1. The van der Waals surface area contributed by atoms with Gasteiger partial charge < -0.3 is 30.3 Å². The third kappa shape index (κ3) is 5.83. The van der Waals surface area contributed by atoms with Crippen LogP contribution >= 0.6 is 11.3 Å². The van der Waals surface area contributed by atoms with Gasteiger partial charge in [0.15, 0.2) is 0 Å². The van der Waals surface area contributed by atoms with Gasteiger partial charge in [-0.1, -0.05) is 6.07 Å². The number of carbonyl (C=O) groups is 3. The molecular weight excluding hydrogens is 468 g/mol. The van der Waals surface area contributed by atoms with Crippen molar-refractivity contribution in [3.8, 4) is 5.75 Å². The summed E-state index contributed by atoms with van der Waals surface area (Å²) < 4.78 is 11.1. The standard InChI is InChI=1S/C25H32N4O5S/c1-33-19-8-6-17(7-9-19)24(31)28(16-20-4-2-12-34-20)18-14-21(23(30)27-11-10-26)29(15-18)25(32)22-5-3-13-35-22/h3,5-9,13,18,20-21H,2,4,10-12,14-16,26H2,1H3,(H,27,30). The summed E-state index contributed by atoms with van der Waals surface area (Å²) in [7, 11) is 1.58. The Kier molecular flexibility index (Phi) is 8.37. The molecule has 3 N–H and O–H groups in total. The van der Waals surface area contributed by atoms with Gasteiger partial charge in [0.25, 0.3) is 11.8 Å². The number of carbonyl (C=O) groups excluding carboxylic acids is 3. The maximum Gasteiger partial charge on any atom is 0.264 e. The van der Waals surface area contributed by atoms with Gasteiger partial charge in [0.2, 0.25) is 5.91 Å². The Morgan fingerprint density at radius 1 is 1.26 bits per heavy atom. The van der Waals surface area contributed by atoms with Gasteiger partial charge in [0.1, 0.15) is 11.8 Å². The topological polar surface area (TPSA) is 114 Å². The lowest BCUT2D eigenvalue weighted by Gasteiger charge is -2.31. The minimum atomic E-state index is -0.684. The molecule has 2 aromatic rings. The fourth-order valence-corrected chi connectivity index (χ4v) is 5.35. The summed E-state index contributed by atoms with van der Waals surface area (Å²) in [5, 5.41) is 4.65. The summed E-state index contributed by atoms with van der Waals surface area (Å²) in [6.07, 6.45) is 2.11. The SMILES string of the molecule is COc1ccc(C(=O)N(CC2CCCO2)C2CC(C(=O)NCCN)N(C(=O)c3cccs3)C2)cc1. The van der Waals surface area contributed by atoms with Crippen LogP contribution in [0.1, 0.15) is 39.3 Å². The van der Waals surface area contributed by atoms with Gasteiger partial charge in [0, 0.05) is 38.3 Å². The van der Waals surface area contributed by atoms with Crippen molar-refractivity contribution in [1.29, 1.82) is 0 Å². The fourth-order valence-electron chi connectivity index (χ4n) is 4.67. The molecule has 35 heavy (non-hydrogen) atoms. The lowest BCUT2D eigenvalue weighted by Crippen LogP contribution is -2.47. The molecule has 0 spiro atoms. The highest BCUT2D eigenvalue weighted by Crippen LogP contribution is 2.29. The van der Waals surface area contributed by atoms with Gasteiger partial charge in [0.05, 0.1) is 24.1 Å². The third-order valence-electron chi connectivity index (χ3n) is 6.48. The van der Waals surface area contributed by atoms with Gasteiger partial charge in [-0.3, -0.25) is 14.4 Å². The van der Waals surface area contributed by atoms with Crippen LogP contribution in [0.5, 0.6) is 5.75 Å². The monoisotopic (exact) mass is 500 g/mol. The molecule has 4 rings (SSSR count). The average Bonchev–Trinajstić information content (AvgIpc) is 3.67. The Morgan fingerprint density at radius 3 is 2.69 bits per heavy atom. The van der Waals surface area contributed by atoms with Crippen LogP contribution in [0.4, 0.5) is 0 Å². The van der Waals surface area contributed by atoms with E-state index in [4.69, 9.17) is 15.2 Å². The maximum absolute atomic E-state index is 13.7. The van der Waals surface area contributed by atoms with E-state index >= 15 is 0 Å². The second-order valence-electron chi connectivity index (χ2n) is 8.74. The number of benzene rings is 1. The largest absolute Gasteiger partial charge is 0.497 e. The Balaban J connectivity index is 1.60. The zero-order valence-corrected chi connectivity index (χ0v) is 20.7. The first kappa shape index (κ1) is 25.2. The molecule has 1 aromatic heterocycles. The highest BCUT2D eigenvalue weighted by molar-refractivity contribution is 7.12. The van der Waals surface area contributed by atoms with Crippen LogP contribution in [0.25, 0.3) is 0 Å². The summed E-state index contributed by atoms with van der Waals surface area (Å²) in [6, 6.07) is 9.53. The molecule has 2 aliphatic heterocycles. The van der Waals surface area contributed by atoms with Gasteiger partial charge >= 0.3 is 0 Å². The van der Waals surface area contributed by atoms with Crippen LogP contribution in [0.2, 0.25) is 0 Å². The zero-order chi connectivity index (χ0) is 24.8. The Morgan fingerprint density at radius 2 is 2.06 bits per heavy atom. The molecule has 2 aliphatic rings. The third-order valence-corrected chi connectivity index (χ3v) is 7.34. The second kappa shape index (κ2) is 11.7. The Bertz CT molecular complexity index is 1010. The van der Waals surface area contributed by atoms with Gasteiger partial charge in [-0.05, 0) is 55.0 Å². The first-order valence-corrected chi connectivity index (χ1v) is 12.8. The predicted octanol–water partition coefficient (Wildman–Crippen LogP) is 1.74. The van der Waals surface area contributed by atoms with Crippen LogP contribution < -0.4 is 15.8 Å². The van der Waals surface area contributed by atoms with E-state index < -0.39 is 6.04 Å². The summed E-state index contributed by atoms with van der Waals surface area (Å²) in [5.74, 6) is 0.0540. The number of nitrogens with one attached hydrogen (secondary N) is 1. The molecular formula is C25H32N4O5S. The average molecular weight is 501 g/mol. The number of hydrogen-bond acceptors (Lipinski definition) is 7. The second-order valence-corrected chi connectivity index (χ2v) is 9.69. The Hall–Kier alpha value is -2.95. The molecule has 0 saturated carbocycles. The van der Waals surface area contributed by atoms with Crippen molar-refractivity contribution in [1.82, 2.24) is 15.1 Å². The number of ether oxygens (including phenoxy) is 2. The van der Waals surface area contributed by atoms with E-state index in [1.165, 1.54) is 11.3 Å². The minimum Gasteiger partial charge on any atom is -0.497 e. The minimum absolute atomic E-state index is 0.0660. The van der Waals surface area contributed by atoms with E-state index in [0.717, 1.165) is 12.8 Å². The number of thiophene rings is 1. The maximum atomic E-state index is 13.7. The summed E-state index contributed by atoms with van der Waals surface area (Å²) in [6.45, 7) is 1.99. The molecule has 3 unspecified atom stereocenters. The molecule has 10 heteroatoms. The summed E-state index contributed by atoms with van der Waals surface area (Å²) in [4.78, 5) is 43.9. The molecule has 188 valence electrons. The van der Waals surface area contributed by atoms with E-state index in [9.17, 15) is 14.4 Å². The van der Waals surface area contributed by atoms with Crippen LogP contribution in [-0.2, 0) is 9.53 Å². The molecule has 3 heterocycles. The van der Waals surface area contributed by atoms with Crippen molar-refractivity contribution in [3.05, 3.63) is 52.2 Å². The van der Waals surface area contributed by atoms with Gasteiger partial charge in [-0.25, -0.2) is 0 Å². The zero-order valence-electron chi connectivity index (χ0n) is 19.9. The highest BCUT2D eigenvalue weighted by Gasteiger charge is 2.44. The first-order valence-electron chi connectivity index (χ1n) is 11.9. The van der Waals surface area contributed by atoms with Crippen LogP contribution in [0.15, 0.2) is 41.8 Å². The first-order chi connectivity index (χ1) is 17.0. The van der Waals surface area contributed by atoms with E-state index in [0.29, 0.717) is 48.9 Å². The van der Waals surface area contributed by atoms with E-state index in [1.807, 2.05) is 11.4 Å². The van der Waals surface area contributed by atoms with Crippen molar-refractivity contribution in [2.45, 2.75) is 37.5 Å². The van der Waals surface area contributed by atoms with Crippen LogP contribution in [0, 0.1) is 0 Å². The molecule has 0 bridgehead atoms. The van der Waals surface area contributed by atoms with Crippen LogP contribution in [0.3, 0.4) is 0 Å². The Labute approximate surface area is 209 Å². The highest BCUT2D eigenvalue weighted by atomic mass is 32.1. The van der Waals surface area contributed by atoms with Crippen molar-refractivity contribution in [2.75, 3.05) is 39.9 Å². The van der Waals surface area contributed by atoms with Gasteiger partial charge in [-0.15, -0.1) is 11.3 Å². The van der Waals surface area contributed by atoms with E-state index in [-0.39, 0.29) is 36.4 Å². The molecule has 0 radical (unpaired) electrons. The summed E-state index contributed by atoms with van der Waals surface area (Å²) in [5.41, 5.74) is 6.09. The number of rotatable bonds is 9. The smallest absolute Gasteiger partial charge is 0.264 e. The van der Waals surface area contributed by atoms with Crippen molar-refractivity contribution < 1.29 is 23.9 Å². The lowest BCUT2D eigenvalue weighted by molar-refractivity contribution is -0.124. The molecule has 9 nitrogen and oxygen atoms in total. The number of amides is 3. The number of nitrogens with zero attached hydrogens (tertiary/aromatic N) is 2. The molecule has 1 aromatic carbocycles. The number of nitrogens with two attached hydrogens (primary N) is 1. The van der Waals surface area contributed by atoms with Crippen molar-refractivity contribution >= 4 is 29.1 Å². The van der Waals surface area contributed by atoms with Crippen molar-refractivity contribution in [3.63, 3.8) is 0 Å². The predicted molar refractivity (Wildman–Crippen MR) is 133 cm³/mol. The summed E-state index contributed by atoms with van der Waals surface area (Å²) >= 11 is 1.34. The number of likely N-dealkylation sites (tertiary alicyclic amines) is 1.